The van der Waals surface area contributed by atoms with Crippen molar-refractivity contribution in [3.63, 3.8) is 0 Å². The van der Waals surface area contributed by atoms with Crippen LogP contribution < -0.4 is 4.90 Å². The van der Waals surface area contributed by atoms with Crippen LogP contribution in [0.4, 0.5) is 5.13 Å². The Bertz CT molecular complexity index is 721. The maximum atomic E-state index is 12.7. The summed E-state index contributed by atoms with van der Waals surface area (Å²) in [6, 6.07) is 5.46. The van der Waals surface area contributed by atoms with Gasteiger partial charge in [0.05, 0.1) is 10.7 Å². The lowest BCUT2D eigenvalue weighted by molar-refractivity contribution is 0.0767. The highest BCUT2D eigenvalue weighted by Gasteiger charge is 2.22. The van der Waals surface area contributed by atoms with E-state index in [0.717, 1.165) is 47.0 Å². The van der Waals surface area contributed by atoms with Crippen molar-refractivity contribution in [2.75, 3.05) is 31.1 Å². The first-order chi connectivity index (χ1) is 11.0. The maximum absolute atomic E-state index is 12.7. The third-order valence-electron chi connectivity index (χ3n) is 3.83. The summed E-state index contributed by atoms with van der Waals surface area (Å²) in [6.45, 7) is 5.27. The van der Waals surface area contributed by atoms with E-state index in [9.17, 15) is 4.79 Å². The topological polar surface area (TPSA) is 36.4 Å². The fourth-order valence-electron chi connectivity index (χ4n) is 2.61. The van der Waals surface area contributed by atoms with Crippen LogP contribution >= 0.6 is 45.5 Å². The van der Waals surface area contributed by atoms with Crippen molar-refractivity contribution in [2.45, 2.75) is 13.3 Å². The molecule has 7 heteroatoms. The first-order valence-corrected chi connectivity index (χ1v) is 9.79. The monoisotopic (exact) mass is 461 g/mol. The number of aryl methyl sites for hydroxylation is 1. The largest absolute Gasteiger partial charge is 0.346 e. The summed E-state index contributed by atoms with van der Waals surface area (Å²) in [5.74, 6) is 0.0803. The fraction of sp³-hybridized carbons (Fsp3) is 0.375. The Balaban J connectivity index is 1.69. The molecule has 1 aromatic carbocycles. The molecule has 0 N–H and O–H groups in total. The van der Waals surface area contributed by atoms with Crippen LogP contribution in [0.3, 0.4) is 0 Å². The van der Waals surface area contributed by atoms with Crippen molar-refractivity contribution < 1.29 is 4.79 Å². The molecular formula is C16H17ClIN3OS. The van der Waals surface area contributed by atoms with Crippen LogP contribution in [-0.2, 0) is 0 Å². The number of hydrogen-bond donors (Lipinski definition) is 0. The molecule has 2 aromatic rings. The number of aromatic nitrogens is 1. The summed E-state index contributed by atoms with van der Waals surface area (Å²) in [4.78, 5) is 21.5. The van der Waals surface area contributed by atoms with Crippen LogP contribution in [0.15, 0.2) is 23.6 Å². The number of nitrogens with zero attached hydrogens (tertiary/aromatic N) is 3. The molecule has 0 saturated carbocycles. The van der Waals surface area contributed by atoms with Crippen LogP contribution in [0.5, 0.6) is 0 Å². The number of carbonyl (C=O) groups excluding carboxylic acids is 1. The van der Waals surface area contributed by atoms with Crippen LogP contribution in [0.2, 0.25) is 5.02 Å². The van der Waals surface area contributed by atoms with E-state index < -0.39 is 0 Å². The molecule has 23 heavy (non-hydrogen) atoms. The average molecular weight is 462 g/mol. The van der Waals surface area contributed by atoms with E-state index in [1.54, 1.807) is 23.5 Å². The number of hydrogen-bond acceptors (Lipinski definition) is 4. The zero-order valence-corrected chi connectivity index (χ0v) is 16.5. The predicted molar refractivity (Wildman–Crippen MR) is 104 cm³/mol. The van der Waals surface area contributed by atoms with E-state index >= 15 is 0 Å². The van der Waals surface area contributed by atoms with Gasteiger partial charge < -0.3 is 9.80 Å². The van der Waals surface area contributed by atoms with Crippen molar-refractivity contribution in [1.29, 1.82) is 0 Å². The standard InChI is InChI=1S/C16H17ClIN3OS/c1-11-10-23-16(19-11)21-6-2-5-20(7-8-21)15(22)12-3-4-13(17)14(18)9-12/h3-4,9-10H,2,5-8H2,1H3. The van der Waals surface area contributed by atoms with Gasteiger partial charge in [-0.25, -0.2) is 4.98 Å². The summed E-state index contributed by atoms with van der Waals surface area (Å²) in [7, 11) is 0. The molecule has 1 saturated heterocycles. The quantitative estimate of drug-likeness (QED) is 0.633. The van der Waals surface area contributed by atoms with Gasteiger partial charge in [0.25, 0.3) is 5.91 Å². The molecule has 1 aromatic heterocycles. The van der Waals surface area contributed by atoms with Crippen LogP contribution in [0.25, 0.3) is 0 Å². The second kappa shape index (κ2) is 7.36. The van der Waals surface area contributed by atoms with Crippen molar-refractivity contribution in [3.05, 3.63) is 43.4 Å². The fourth-order valence-corrected chi connectivity index (χ4v) is 4.10. The molecule has 0 bridgehead atoms. The Morgan fingerprint density at radius 3 is 2.83 bits per heavy atom. The zero-order valence-electron chi connectivity index (χ0n) is 12.8. The molecule has 1 fully saturated rings. The van der Waals surface area contributed by atoms with Gasteiger partial charge in [-0.3, -0.25) is 4.79 Å². The van der Waals surface area contributed by atoms with Gasteiger partial charge in [-0.15, -0.1) is 11.3 Å². The maximum Gasteiger partial charge on any atom is 0.253 e. The van der Waals surface area contributed by atoms with Crippen molar-refractivity contribution in [2.24, 2.45) is 0 Å². The van der Waals surface area contributed by atoms with E-state index in [0.29, 0.717) is 10.6 Å². The minimum absolute atomic E-state index is 0.0803. The number of benzene rings is 1. The van der Waals surface area contributed by atoms with Crippen molar-refractivity contribution >= 4 is 56.6 Å². The number of carbonyl (C=O) groups is 1. The Morgan fingerprint density at radius 1 is 1.30 bits per heavy atom. The predicted octanol–water partition coefficient (Wildman–Crippen LogP) is 4.06. The zero-order chi connectivity index (χ0) is 16.4. The van der Waals surface area contributed by atoms with Gasteiger partial charge in [-0.1, -0.05) is 11.6 Å². The van der Waals surface area contributed by atoms with Gasteiger partial charge in [-0.05, 0) is 54.1 Å². The Labute approximate surface area is 158 Å². The summed E-state index contributed by atoms with van der Waals surface area (Å²) in [5, 5.41) is 3.81. The van der Waals surface area contributed by atoms with Crippen LogP contribution in [-0.4, -0.2) is 42.0 Å². The van der Waals surface area contributed by atoms with E-state index in [1.807, 2.05) is 17.9 Å². The molecule has 0 aliphatic carbocycles. The molecule has 1 aliphatic rings. The second-order valence-electron chi connectivity index (χ2n) is 5.53. The lowest BCUT2D eigenvalue weighted by Crippen LogP contribution is -2.35. The first-order valence-electron chi connectivity index (χ1n) is 7.46. The van der Waals surface area contributed by atoms with Crippen LogP contribution in [0.1, 0.15) is 22.5 Å². The van der Waals surface area contributed by atoms with E-state index in [1.165, 1.54) is 0 Å². The highest BCUT2D eigenvalue weighted by Crippen LogP contribution is 2.23. The van der Waals surface area contributed by atoms with E-state index in [-0.39, 0.29) is 5.91 Å². The van der Waals surface area contributed by atoms with Crippen molar-refractivity contribution in [1.82, 2.24) is 9.88 Å². The summed E-state index contributed by atoms with van der Waals surface area (Å²) in [6.07, 6.45) is 0.953. The Morgan fingerprint density at radius 2 is 2.13 bits per heavy atom. The van der Waals surface area contributed by atoms with E-state index in [4.69, 9.17) is 11.6 Å². The highest BCUT2D eigenvalue weighted by atomic mass is 127. The van der Waals surface area contributed by atoms with Gasteiger partial charge in [0.2, 0.25) is 0 Å². The molecule has 1 aliphatic heterocycles. The van der Waals surface area contributed by atoms with Gasteiger partial charge in [-0.2, -0.15) is 0 Å². The third kappa shape index (κ3) is 3.97. The molecule has 2 heterocycles. The smallest absolute Gasteiger partial charge is 0.253 e. The average Bonchev–Trinajstić information content (AvgIpc) is 2.83. The highest BCUT2D eigenvalue weighted by molar-refractivity contribution is 14.1. The molecule has 0 spiro atoms. The molecule has 1 amide bonds. The molecule has 0 unspecified atom stereocenters. The Hall–Kier alpha value is -0.860. The number of thiazole rings is 1. The normalized spacial score (nSPS) is 15.6. The molecule has 0 atom stereocenters. The van der Waals surface area contributed by atoms with Gasteiger partial charge in [0.1, 0.15) is 0 Å². The lowest BCUT2D eigenvalue weighted by atomic mass is 10.2. The minimum atomic E-state index is 0.0803. The van der Waals surface area contributed by atoms with Crippen LogP contribution in [0, 0.1) is 10.5 Å². The molecule has 122 valence electrons. The second-order valence-corrected chi connectivity index (χ2v) is 7.94. The number of rotatable bonds is 2. The molecular weight excluding hydrogens is 445 g/mol. The summed E-state index contributed by atoms with van der Waals surface area (Å²) < 4.78 is 0.907. The number of anilines is 1. The third-order valence-corrected chi connectivity index (χ3v) is 6.39. The lowest BCUT2D eigenvalue weighted by Gasteiger charge is -2.22. The Kier molecular flexibility index (Phi) is 5.43. The SMILES string of the molecule is Cc1csc(N2CCCN(C(=O)c3ccc(Cl)c(I)c3)CC2)n1. The van der Waals surface area contributed by atoms with Gasteiger partial charge >= 0.3 is 0 Å². The van der Waals surface area contributed by atoms with E-state index in [2.05, 4.69) is 37.9 Å². The van der Waals surface area contributed by atoms with Gasteiger partial charge in [0, 0.05) is 40.7 Å². The summed E-state index contributed by atoms with van der Waals surface area (Å²) in [5.41, 5.74) is 1.76. The van der Waals surface area contributed by atoms with Crippen molar-refractivity contribution in [3.8, 4) is 0 Å². The molecule has 4 nitrogen and oxygen atoms in total. The molecule has 0 radical (unpaired) electrons. The first kappa shape index (κ1) is 17.0. The molecule has 3 rings (SSSR count). The number of amides is 1. The number of halogens is 2. The van der Waals surface area contributed by atoms with Gasteiger partial charge in [0.15, 0.2) is 5.13 Å². The summed E-state index contributed by atoms with van der Waals surface area (Å²) >= 11 is 9.87. The minimum Gasteiger partial charge on any atom is -0.346 e.